The lowest BCUT2D eigenvalue weighted by Gasteiger charge is -2.22. The van der Waals surface area contributed by atoms with Gasteiger partial charge in [0.1, 0.15) is 24.9 Å². The van der Waals surface area contributed by atoms with Crippen molar-refractivity contribution in [3.63, 3.8) is 0 Å². The minimum Gasteiger partial charge on any atom is -0.445 e. The van der Waals surface area contributed by atoms with Crippen LogP contribution in [0, 0.1) is 5.82 Å². The van der Waals surface area contributed by atoms with E-state index >= 15 is 0 Å². The minimum atomic E-state index is -1.84. The molecule has 10 heteroatoms. The normalized spacial score (nSPS) is 15.7. The molecule has 2 aliphatic rings. The Labute approximate surface area is 163 Å². The van der Waals surface area contributed by atoms with Gasteiger partial charge < -0.3 is 14.8 Å². The van der Waals surface area contributed by atoms with Gasteiger partial charge in [-0.1, -0.05) is 0 Å². The summed E-state index contributed by atoms with van der Waals surface area (Å²) < 4.78 is 24.4. The van der Waals surface area contributed by atoms with E-state index in [1.54, 1.807) is 0 Å². The van der Waals surface area contributed by atoms with Crippen LogP contribution in [-0.2, 0) is 24.8 Å². The smallest absolute Gasteiger partial charge is 0.362 e. The fourth-order valence-corrected chi connectivity index (χ4v) is 3.18. The molecule has 1 spiro atoms. The zero-order valence-corrected chi connectivity index (χ0v) is 14.7. The van der Waals surface area contributed by atoms with Gasteiger partial charge in [-0.25, -0.2) is 9.87 Å². The van der Waals surface area contributed by atoms with Gasteiger partial charge in [0.05, 0.1) is 11.3 Å². The van der Waals surface area contributed by atoms with Crippen LogP contribution in [0.3, 0.4) is 0 Å². The van der Waals surface area contributed by atoms with Crippen LogP contribution in [0.1, 0.15) is 15.9 Å². The van der Waals surface area contributed by atoms with E-state index in [2.05, 4.69) is 5.32 Å². The molecule has 0 saturated heterocycles. The predicted molar refractivity (Wildman–Crippen MR) is 96.1 cm³/mol. The van der Waals surface area contributed by atoms with Crippen molar-refractivity contribution in [2.24, 2.45) is 0 Å². The second-order valence-electron chi connectivity index (χ2n) is 6.24. The average Bonchev–Trinajstić information content (AvgIpc) is 3.29. The van der Waals surface area contributed by atoms with Gasteiger partial charge in [-0.05, 0) is 42.5 Å². The van der Waals surface area contributed by atoms with E-state index in [1.807, 2.05) is 0 Å². The van der Waals surface area contributed by atoms with Crippen LogP contribution in [0.2, 0.25) is 0 Å². The Balaban J connectivity index is 1.53. The second-order valence-corrected chi connectivity index (χ2v) is 6.24. The highest BCUT2D eigenvalue weighted by Crippen LogP contribution is 2.46. The first kappa shape index (κ1) is 18.4. The number of fused-ring (bicyclic) bond motifs is 2. The monoisotopic (exact) mass is 399 g/mol. The summed E-state index contributed by atoms with van der Waals surface area (Å²) in [6, 6.07) is 9.41. The Morgan fingerprint density at radius 1 is 1.10 bits per heavy atom. The molecule has 9 nitrogen and oxygen atoms in total. The second kappa shape index (κ2) is 6.91. The lowest BCUT2D eigenvalue weighted by atomic mass is 10.1. The molecule has 4 rings (SSSR count). The molecular weight excluding hydrogens is 385 g/mol. The third-order valence-electron chi connectivity index (χ3n) is 4.49. The maximum absolute atomic E-state index is 13.7. The van der Waals surface area contributed by atoms with E-state index in [-0.39, 0.29) is 17.7 Å². The van der Waals surface area contributed by atoms with Crippen molar-refractivity contribution >= 4 is 29.1 Å². The van der Waals surface area contributed by atoms with Crippen LogP contribution in [0.15, 0.2) is 55.0 Å². The van der Waals surface area contributed by atoms with Gasteiger partial charge in [0, 0.05) is 11.3 Å². The van der Waals surface area contributed by atoms with Crippen molar-refractivity contribution in [1.29, 1.82) is 0 Å². The molecule has 148 valence electrons. The molecule has 3 amide bonds. The van der Waals surface area contributed by atoms with Crippen molar-refractivity contribution < 1.29 is 33.5 Å². The molecule has 0 aromatic heterocycles. The van der Waals surface area contributed by atoms with Crippen LogP contribution in [0.5, 0.6) is 0 Å². The molecule has 3 N–H and O–H groups in total. The standard InChI is InChI=1S/C19H14FN3O6/c20-12-3-6-15-14(9-12)19(28-7-8-29-19)18(26)23(15)10-16(24)21-13-4-1-11(2-5-13)17(25)22-27/h1-9,27H,10H2,(H,21,24)(H,22,25). The predicted octanol–water partition coefficient (Wildman–Crippen LogP) is 1.60. The fraction of sp³-hybridized carbons (Fsp3) is 0.105. The zero-order chi connectivity index (χ0) is 20.6. The molecule has 0 saturated carbocycles. The molecule has 0 fully saturated rings. The van der Waals surface area contributed by atoms with Gasteiger partial charge in [0.2, 0.25) is 5.91 Å². The SMILES string of the molecule is O=C(CN1C(=O)C2(OC=CO2)c2cc(F)ccc21)Nc1ccc(C(=O)NO)cc1. The van der Waals surface area contributed by atoms with E-state index in [4.69, 9.17) is 14.7 Å². The molecule has 29 heavy (non-hydrogen) atoms. The lowest BCUT2D eigenvalue weighted by Crippen LogP contribution is -2.44. The Morgan fingerprint density at radius 3 is 2.45 bits per heavy atom. The Morgan fingerprint density at radius 2 is 1.79 bits per heavy atom. The Bertz CT molecular complexity index is 1030. The van der Waals surface area contributed by atoms with E-state index in [9.17, 15) is 18.8 Å². The van der Waals surface area contributed by atoms with Crippen molar-refractivity contribution in [3.05, 3.63) is 71.9 Å². The van der Waals surface area contributed by atoms with Gasteiger partial charge in [0.15, 0.2) is 0 Å². The summed E-state index contributed by atoms with van der Waals surface area (Å²) in [7, 11) is 0. The number of nitrogens with zero attached hydrogens (tertiary/aromatic N) is 1. The van der Waals surface area contributed by atoms with Crippen molar-refractivity contribution in [3.8, 4) is 0 Å². The summed E-state index contributed by atoms with van der Waals surface area (Å²) >= 11 is 0. The zero-order valence-electron chi connectivity index (χ0n) is 14.7. The Kier molecular flexibility index (Phi) is 4.40. The molecular formula is C19H14FN3O6. The molecule has 2 aromatic rings. The van der Waals surface area contributed by atoms with Gasteiger partial charge >= 0.3 is 11.7 Å². The van der Waals surface area contributed by atoms with Gasteiger partial charge in [-0.15, -0.1) is 0 Å². The number of hydroxylamine groups is 1. The first-order valence-corrected chi connectivity index (χ1v) is 8.41. The molecule has 0 aliphatic carbocycles. The highest BCUT2D eigenvalue weighted by Gasteiger charge is 2.57. The van der Waals surface area contributed by atoms with Crippen molar-refractivity contribution in [1.82, 2.24) is 5.48 Å². The molecule has 2 aromatic carbocycles. The summed E-state index contributed by atoms with van der Waals surface area (Å²) in [6.45, 7) is -0.370. The van der Waals surface area contributed by atoms with Gasteiger partial charge in [-0.3, -0.25) is 24.5 Å². The highest BCUT2D eigenvalue weighted by atomic mass is 19.1. The summed E-state index contributed by atoms with van der Waals surface area (Å²) in [5, 5.41) is 11.2. The molecule has 2 heterocycles. The third-order valence-corrected chi connectivity index (χ3v) is 4.49. The molecule has 0 atom stereocenters. The minimum absolute atomic E-state index is 0.166. The van der Waals surface area contributed by atoms with E-state index in [1.165, 1.54) is 54.4 Å². The van der Waals surface area contributed by atoms with Crippen LogP contribution in [-0.4, -0.2) is 29.5 Å². The maximum Gasteiger partial charge on any atom is 0.362 e. The number of rotatable bonds is 4. The molecule has 0 radical (unpaired) electrons. The number of halogens is 1. The number of benzene rings is 2. The topological polar surface area (TPSA) is 117 Å². The maximum atomic E-state index is 13.7. The van der Waals surface area contributed by atoms with Crippen molar-refractivity contribution in [2.45, 2.75) is 5.79 Å². The third kappa shape index (κ3) is 3.05. The summed E-state index contributed by atoms with van der Waals surface area (Å²) in [5.74, 6) is -4.29. The van der Waals surface area contributed by atoms with Crippen LogP contribution >= 0.6 is 0 Å². The highest BCUT2D eigenvalue weighted by molar-refractivity contribution is 6.10. The quantitative estimate of drug-likeness (QED) is 0.531. The number of hydrogen-bond donors (Lipinski definition) is 3. The van der Waals surface area contributed by atoms with Gasteiger partial charge in [0.25, 0.3) is 5.91 Å². The molecule has 0 bridgehead atoms. The first-order valence-electron chi connectivity index (χ1n) is 8.41. The number of anilines is 2. The van der Waals surface area contributed by atoms with Crippen molar-refractivity contribution in [2.75, 3.05) is 16.8 Å². The first-order chi connectivity index (χ1) is 13.9. The van der Waals surface area contributed by atoms with Crippen LogP contribution < -0.4 is 15.7 Å². The number of amides is 3. The molecule has 2 aliphatic heterocycles. The van der Waals surface area contributed by atoms with E-state index in [0.29, 0.717) is 11.4 Å². The number of carbonyl (C=O) groups is 3. The van der Waals surface area contributed by atoms with E-state index < -0.39 is 29.3 Å². The summed E-state index contributed by atoms with van der Waals surface area (Å²) in [6.07, 6.45) is 2.36. The number of hydrogen-bond acceptors (Lipinski definition) is 6. The lowest BCUT2D eigenvalue weighted by molar-refractivity contribution is -0.174. The summed E-state index contributed by atoms with van der Waals surface area (Å²) in [4.78, 5) is 37.8. The van der Waals surface area contributed by atoms with E-state index in [0.717, 1.165) is 11.0 Å². The Hall–Kier alpha value is -3.92. The largest absolute Gasteiger partial charge is 0.445 e. The molecule has 0 unspecified atom stereocenters. The van der Waals surface area contributed by atoms with Crippen LogP contribution in [0.4, 0.5) is 15.8 Å². The number of carbonyl (C=O) groups excluding carboxylic acids is 3. The number of nitrogens with one attached hydrogen (secondary N) is 2. The number of ether oxygens (including phenoxy) is 2. The average molecular weight is 399 g/mol. The summed E-state index contributed by atoms with van der Waals surface area (Å²) in [5.41, 5.74) is 2.54. The fourth-order valence-electron chi connectivity index (χ4n) is 3.18. The van der Waals surface area contributed by atoms with Crippen LogP contribution in [0.25, 0.3) is 0 Å². The van der Waals surface area contributed by atoms with Gasteiger partial charge in [-0.2, -0.15) is 0 Å².